The largest absolute Gasteiger partial charge is 0.394 e. The van der Waals surface area contributed by atoms with E-state index in [1.807, 2.05) is 0 Å². The Hall–Kier alpha value is -0.200. The predicted octanol–water partition coefficient (Wildman–Crippen LogP) is -2.15. The monoisotopic (exact) mass is 178 g/mol. The van der Waals surface area contributed by atoms with Gasteiger partial charge in [-0.1, -0.05) is 0 Å². The molecule has 1 heterocycles. The predicted molar refractivity (Wildman–Crippen MR) is 39.4 cm³/mol. The molecule has 72 valence electrons. The first kappa shape index (κ1) is 9.88. The zero-order valence-corrected chi connectivity index (χ0v) is 6.79. The van der Waals surface area contributed by atoms with Crippen LogP contribution in [-0.2, 0) is 4.74 Å². The smallest absolute Gasteiger partial charge is 0.115 e. The maximum absolute atomic E-state index is 9.28. The van der Waals surface area contributed by atoms with Crippen molar-refractivity contribution in [3.8, 4) is 0 Å². The maximum atomic E-state index is 9.28. The van der Waals surface area contributed by atoms with Crippen molar-refractivity contribution in [2.45, 2.75) is 37.4 Å². The Balaban J connectivity index is 2.58. The summed E-state index contributed by atoms with van der Waals surface area (Å²) in [6.07, 6.45) is -4.65. The van der Waals surface area contributed by atoms with E-state index in [-0.39, 0.29) is 0 Å². The third-order valence-electron chi connectivity index (χ3n) is 2.11. The molecule has 1 fully saturated rings. The summed E-state index contributed by atoms with van der Waals surface area (Å²) in [5.41, 5.74) is 0. The zero-order valence-electron chi connectivity index (χ0n) is 6.79. The second kappa shape index (κ2) is 3.68. The van der Waals surface area contributed by atoms with Crippen molar-refractivity contribution in [3.05, 3.63) is 0 Å². The Morgan fingerprint density at radius 3 is 2.25 bits per heavy atom. The van der Waals surface area contributed by atoms with Crippen molar-refractivity contribution in [2.75, 3.05) is 6.61 Å². The summed E-state index contributed by atoms with van der Waals surface area (Å²) in [5.74, 6) is 0. The van der Waals surface area contributed by atoms with Gasteiger partial charge in [-0.15, -0.1) is 0 Å². The highest BCUT2D eigenvalue weighted by atomic mass is 16.6. The van der Waals surface area contributed by atoms with Crippen LogP contribution in [-0.4, -0.2) is 57.6 Å². The Labute approximate surface area is 70.2 Å². The maximum Gasteiger partial charge on any atom is 0.115 e. The van der Waals surface area contributed by atoms with E-state index < -0.39 is 37.1 Å². The van der Waals surface area contributed by atoms with Gasteiger partial charge in [0.2, 0.25) is 0 Å². The van der Waals surface area contributed by atoms with Gasteiger partial charge >= 0.3 is 0 Å². The van der Waals surface area contributed by atoms with E-state index >= 15 is 0 Å². The van der Waals surface area contributed by atoms with Gasteiger partial charge in [0.25, 0.3) is 0 Å². The lowest BCUT2D eigenvalue weighted by Gasteiger charge is -2.18. The second-order valence-corrected chi connectivity index (χ2v) is 3.04. The number of hydrogen-bond acceptors (Lipinski definition) is 5. The summed E-state index contributed by atoms with van der Waals surface area (Å²) in [7, 11) is 0. The van der Waals surface area contributed by atoms with Crippen molar-refractivity contribution in [1.82, 2.24) is 0 Å². The molecule has 5 heteroatoms. The van der Waals surface area contributed by atoms with Gasteiger partial charge in [-0.2, -0.15) is 0 Å². The Morgan fingerprint density at radius 1 is 1.33 bits per heavy atom. The van der Waals surface area contributed by atoms with E-state index in [0.717, 1.165) is 0 Å². The third-order valence-corrected chi connectivity index (χ3v) is 2.11. The van der Waals surface area contributed by atoms with Gasteiger partial charge in [-0.25, -0.2) is 0 Å². The highest BCUT2D eigenvalue weighted by Crippen LogP contribution is 2.22. The molecule has 4 N–H and O–H groups in total. The van der Waals surface area contributed by atoms with Crippen LogP contribution in [0.2, 0.25) is 0 Å². The standard InChI is InChI=1S/C7H14O5/c1-3-5(10)6(11)7(12-3)4(9)2-8/h3-11H,2H2,1H3/t3?,4?,5?,6?,7-/m1/s1. The van der Waals surface area contributed by atoms with Crippen LogP contribution in [0.5, 0.6) is 0 Å². The van der Waals surface area contributed by atoms with Crippen molar-refractivity contribution in [1.29, 1.82) is 0 Å². The SMILES string of the molecule is CC1O[C@H](C(O)CO)C(O)C1O. The quantitative estimate of drug-likeness (QED) is 0.387. The van der Waals surface area contributed by atoms with Gasteiger partial charge in [-0.3, -0.25) is 0 Å². The summed E-state index contributed by atoms with van der Waals surface area (Å²) in [6.45, 7) is 1.11. The van der Waals surface area contributed by atoms with Crippen LogP contribution in [0.4, 0.5) is 0 Å². The average molecular weight is 178 g/mol. The molecule has 1 aliphatic rings. The molecule has 0 amide bonds. The van der Waals surface area contributed by atoms with Gasteiger partial charge in [0.1, 0.15) is 24.4 Å². The van der Waals surface area contributed by atoms with E-state index in [2.05, 4.69) is 0 Å². The van der Waals surface area contributed by atoms with Gasteiger partial charge < -0.3 is 25.2 Å². The lowest BCUT2D eigenvalue weighted by molar-refractivity contribution is -0.0786. The minimum absolute atomic E-state index is 0.485. The molecule has 0 spiro atoms. The minimum atomic E-state index is -1.14. The van der Waals surface area contributed by atoms with Crippen LogP contribution in [0.1, 0.15) is 6.92 Å². The fraction of sp³-hybridized carbons (Fsp3) is 1.00. The first-order chi connectivity index (χ1) is 5.57. The number of ether oxygens (including phenoxy) is 1. The normalized spacial score (nSPS) is 44.8. The van der Waals surface area contributed by atoms with Gasteiger partial charge in [0.05, 0.1) is 12.7 Å². The van der Waals surface area contributed by atoms with E-state index in [1.54, 1.807) is 6.92 Å². The van der Waals surface area contributed by atoms with Crippen LogP contribution >= 0.6 is 0 Å². The first-order valence-electron chi connectivity index (χ1n) is 3.88. The Bertz CT molecular complexity index is 151. The summed E-state index contributed by atoms with van der Waals surface area (Å²) in [4.78, 5) is 0. The third kappa shape index (κ3) is 1.60. The van der Waals surface area contributed by atoms with E-state index in [1.165, 1.54) is 0 Å². The van der Waals surface area contributed by atoms with Gasteiger partial charge in [-0.05, 0) is 6.92 Å². The molecule has 0 aromatic rings. The lowest BCUT2D eigenvalue weighted by Crippen LogP contribution is -2.40. The molecule has 0 radical (unpaired) electrons. The second-order valence-electron chi connectivity index (χ2n) is 3.04. The van der Waals surface area contributed by atoms with Crippen molar-refractivity contribution < 1.29 is 25.2 Å². The fourth-order valence-electron chi connectivity index (χ4n) is 1.30. The zero-order chi connectivity index (χ0) is 9.30. The molecule has 0 bridgehead atoms. The van der Waals surface area contributed by atoms with E-state index in [9.17, 15) is 10.2 Å². The van der Waals surface area contributed by atoms with Crippen LogP contribution in [0.3, 0.4) is 0 Å². The van der Waals surface area contributed by atoms with Crippen molar-refractivity contribution in [2.24, 2.45) is 0 Å². The summed E-state index contributed by atoms with van der Waals surface area (Å²) in [5, 5.41) is 36.2. The summed E-state index contributed by atoms with van der Waals surface area (Å²) in [6, 6.07) is 0. The van der Waals surface area contributed by atoms with Crippen molar-refractivity contribution in [3.63, 3.8) is 0 Å². The van der Waals surface area contributed by atoms with Crippen LogP contribution in [0, 0.1) is 0 Å². The van der Waals surface area contributed by atoms with Gasteiger partial charge in [0.15, 0.2) is 0 Å². The molecule has 0 aromatic heterocycles. The highest BCUT2D eigenvalue weighted by molar-refractivity contribution is 4.91. The molecule has 0 aliphatic carbocycles. The molecule has 0 aromatic carbocycles. The van der Waals surface area contributed by atoms with Crippen LogP contribution in [0.25, 0.3) is 0 Å². The molecule has 1 aliphatic heterocycles. The minimum Gasteiger partial charge on any atom is -0.394 e. The fourth-order valence-corrected chi connectivity index (χ4v) is 1.30. The molecular formula is C7H14O5. The van der Waals surface area contributed by atoms with Crippen LogP contribution < -0.4 is 0 Å². The highest BCUT2D eigenvalue weighted by Gasteiger charge is 2.43. The number of aliphatic hydroxyl groups is 4. The number of aliphatic hydroxyl groups excluding tert-OH is 4. The molecule has 1 saturated heterocycles. The molecule has 4 unspecified atom stereocenters. The first-order valence-corrected chi connectivity index (χ1v) is 3.88. The molecule has 12 heavy (non-hydrogen) atoms. The lowest BCUT2D eigenvalue weighted by atomic mass is 10.1. The Kier molecular flexibility index (Phi) is 3.03. The number of hydrogen-bond donors (Lipinski definition) is 4. The number of rotatable bonds is 2. The summed E-state index contributed by atoms with van der Waals surface area (Å²) < 4.78 is 5.03. The van der Waals surface area contributed by atoms with Crippen LogP contribution in [0.15, 0.2) is 0 Å². The average Bonchev–Trinajstić information content (AvgIpc) is 2.32. The molecule has 1 rings (SSSR count). The van der Waals surface area contributed by atoms with Gasteiger partial charge in [0, 0.05) is 0 Å². The molecule has 5 atom stereocenters. The molecule has 5 nitrogen and oxygen atoms in total. The van der Waals surface area contributed by atoms with E-state index in [0.29, 0.717) is 0 Å². The Morgan fingerprint density at radius 2 is 1.92 bits per heavy atom. The molecule has 0 saturated carbocycles. The summed E-state index contributed by atoms with van der Waals surface area (Å²) >= 11 is 0. The van der Waals surface area contributed by atoms with E-state index in [4.69, 9.17) is 14.9 Å². The topological polar surface area (TPSA) is 90.2 Å². The van der Waals surface area contributed by atoms with Crippen molar-refractivity contribution >= 4 is 0 Å². The molecular weight excluding hydrogens is 164 g/mol.